The number of nitrogens with two attached hydrogens (primary N) is 1. The van der Waals surface area contributed by atoms with E-state index >= 15 is 0 Å². The molecule has 0 aliphatic heterocycles. The average Bonchev–Trinajstić information content (AvgIpc) is 2.35. The van der Waals surface area contributed by atoms with Crippen molar-refractivity contribution in [3.05, 3.63) is 29.8 Å². The zero-order valence-electron chi connectivity index (χ0n) is 11.1. The highest BCUT2D eigenvalue weighted by Crippen LogP contribution is 2.13. The summed E-state index contributed by atoms with van der Waals surface area (Å²) in [5.74, 6) is 0.898. The highest BCUT2D eigenvalue weighted by molar-refractivity contribution is 5.85. The summed E-state index contributed by atoms with van der Waals surface area (Å²) in [6, 6.07) is 8.11. The third kappa shape index (κ3) is 6.81. The zero-order chi connectivity index (χ0) is 12.5. The van der Waals surface area contributed by atoms with E-state index in [1.54, 1.807) is 7.11 Å². The van der Waals surface area contributed by atoms with E-state index in [2.05, 4.69) is 24.1 Å². The van der Waals surface area contributed by atoms with E-state index in [-0.39, 0.29) is 12.4 Å². The molecule has 0 heterocycles. The van der Waals surface area contributed by atoms with Crippen LogP contribution in [0, 0.1) is 0 Å². The number of nitrogens with zero attached hydrogens (tertiary/aromatic N) is 1. The van der Waals surface area contributed by atoms with Gasteiger partial charge in [-0.2, -0.15) is 0 Å². The van der Waals surface area contributed by atoms with Gasteiger partial charge in [-0.1, -0.05) is 12.1 Å². The summed E-state index contributed by atoms with van der Waals surface area (Å²) in [5, 5.41) is 0. The van der Waals surface area contributed by atoms with E-state index in [0.717, 1.165) is 25.4 Å². The highest BCUT2D eigenvalue weighted by atomic mass is 35.5. The summed E-state index contributed by atoms with van der Waals surface area (Å²) in [6.45, 7) is 3.73. The van der Waals surface area contributed by atoms with Crippen LogP contribution in [-0.2, 0) is 11.3 Å². The van der Waals surface area contributed by atoms with E-state index in [1.165, 1.54) is 5.56 Å². The molecule has 0 radical (unpaired) electrons. The third-order valence-electron chi connectivity index (χ3n) is 2.47. The maximum absolute atomic E-state index is 5.35. The van der Waals surface area contributed by atoms with Crippen LogP contribution in [0.1, 0.15) is 5.56 Å². The van der Waals surface area contributed by atoms with Gasteiger partial charge in [0.15, 0.2) is 0 Å². The Balaban J connectivity index is 0.00000289. The van der Waals surface area contributed by atoms with E-state index in [0.29, 0.717) is 13.2 Å². The maximum atomic E-state index is 5.35. The fraction of sp³-hybridized carbons (Fsp3) is 0.538. The van der Waals surface area contributed by atoms with Gasteiger partial charge in [0, 0.05) is 19.6 Å². The second-order valence-electron chi connectivity index (χ2n) is 3.99. The number of benzene rings is 1. The summed E-state index contributed by atoms with van der Waals surface area (Å²) < 4.78 is 10.5. The molecule has 1 rings (SSSR count). The van der Waals surface area contributed by atoms with Crippen molar-refractivity contribution in [2.75, 3.05) is 40.5 Å². The van der Waals surface area contributed by atoms with Crippen LogP contribution in [0.5, 0.6) is 5.75 Å². The number of rotatable bonds is 8. The van der Waals surface area contributed by atoms with Gasteiger partial charge in [-0.25, -0.2) is 0 Å². The monoisotopic (exact) mass is 274 g/mol. The summed E-state index contributed by atoms with van der Waals surface area (Å²) in [7, 11) is 3.76. The molecule has 18 heavy (non-hydrogen) atoms. The molecule has 0 saturated heterocycles. The van der Waals surface area contributed by atoms with Crippen molar-refractivity contribution in [1.29, 1.82) is 0 Å². The van der Waals surface area contributed by atoms with Gasteiger partial charge in [0.1, 0.15) is 5.75 Å². The molecule has 0 unspecified atom stereocenters. The molecular weight excluding hydrogens is 252 g/mol. The average molecular weight is 275 g/mol. The summed E-state index contributed by atoms with van der Waals surface area (Å²) >= 11 is 0. The molecule has 0 spiro atoms. The first kappa shape index (κ1) is 17.2. The second kappa shape index (κ2) is 10.1. The van der Waals surface area contributed by atoms with Gasteiger partial charge in [-0.15, -0.1) is 12.4 Å². The Labute approximate surface area is 115 Å². The van der Waals surface area contributed by atoms with Crippen molar-refractivity contribution in [1.82, 2.24) is 4.90 Å². The fourth-order valence-electron chi connectivity index (χ4n) is 1.57. The molecule has 0 bridgehead atoms. The Bertz CT molecular complexity index is 324. The van der Waals surface area contributed by atoms with Gasteiger partial charge in [0.05, 0.1) is 20.3 Å². The molecule has 0 aromatic heterocycles. The minimum Gasteiger partial charge on any atom is -0.497 e. The first-order valence-corrected chi connectivity index (χ1v) is 5.85. The normalized spacial score (nSPS) is 10.2. The second-order valence-corrected chi connectivity index (χ2v) is 3.99. The predicted molar refractivity (Wildman–Crippen MR) is 76.4 cm³/mol. The molecule has 0 aliphatic rings. The van der Waals surface area contributed by atoms with Crippen molar-refractivity contribution in [3.8, 4) is 5.75 Å². The van der Waals surface area contributed by atoms with Crippen LogP contribution in [0.15, 0.2) is 24.3 Å². The Morgan fingerprint density at radius 3 is 2.72 bits per heavy atom. The van der Waals surface area contributed by atoms with E-state index in [4.69, 9.17) is 15.2 Å². The lowest BCUT2D eigenvalue weighted by Gasteiger charge is -2.17. The number of hydrogen-bond acceptors (Lipinski definition) is 4. The van der Waals surface area contributed by atoms with Gasteiger partial charge in [-0.3, -0.25) is 4.90 Å². The summed E-state index contributed by atoms with van der Waals surface area (Å²) in [6.07, 6.45) is 0. The van der Waals surface area contributed by atoms with Crippen molar-refractivity contribution in [2.45, 2.75) is 6.54 Å². The first-order chi connectivity index (χ1) is 8.26. The van der Waals surface area contributed by atoms with Gasteiger partial charge >= 0.3 is 0 Å². The molecule has 2 N–H and O–H groups in total. The van der Waals surface area contributed by atoms with E-state index in [1.807, 2.05) is 12.1 Å². The smallest absolute Gasteiger partial charge is 0.119 e. The van der Waals surface area contributed by atoms with Crippen molar-refractivity contribution >= 4 is 12.4 Å². The fourth-order valence-corrected chi connectivity index (χ4v) is 1.57. The van der Waals surface area contributed by atoms with Crippen LogP contribution < -0.4 is 10.5 Å². The van der Waals surface area contributed by atoms with Crippen LogP contribution in [-0.4, -0.2) is 45.4 Å². The van der Waals surface area contributed by atoms with Crippen LogP contribution in [0.3, 0.4) is 0 Å². The van der Waals surface area contributed by atoms with E-state index < -0.39 is 0 Å². The lowest BCUT2D eigenvalue weighted by atomic mass is 10.2. The highest BCUT2D eigenvalue weighted by Gasteiger charge is 2.01. The number of ether oxygens (including phenoxy) is 2. The molecule has 5 heteroatoms. The third-order valence-corrected chi connectivity index (χ3v) is 2.47. The summed E-state index contributed by atoms with van der Waals surface area (Å²) in [5.41, 5.74) is 6.59. The SMILES string of the molecule is COc1cccc(CN(C)CCOCCN)c1.Cl. The Morgan fingerprint density at radius 1 is 1.28 bits per heavy atom. The topological polar surface area (TPSA) is 47.7 Å². The van der Waals surface area contributed by atoms with Crippen LogP contribution >= 0.6 is 12.4 Å². The molecule has 104 valence electrons. The Morgan fingerprint density at radius 2 is 2.06 bits per heavy atom. The lowest BCUT2D eigenvalue weighted by molar-refractivity contribution is 0.115. The van der Waals surface area contributed by atoms with Gasteiger partial charge in [0.2, 0.25) is 0 Å². The largest absolute Gasteiger partial charge is 0.497 e. The Hall–Kier alpha value is -0.810. The molecule has 1 aromatic carbocycles. The standard InChI is InChI=1S/C13H22N2O2.ClH/c1-15(7-9-17-8-6-14)11-12-4-3-5-13(10-12)16-2;/h3-5,10H,6-9,11,14H2,1-2H3;1H. The van der Waals surface area contributed by atoms with Gasteiger partial charge < -0.3 is 15.2 Å². The van der Waals surface area contributed by atoms with Crippen molar-refractivity contribution in [3.63, 3.8) is 0 Å². The van der Waals surface area contributed by atoms with Crippen LogP contribution in [0.2, 0.25) is 0 Å². The van der Waals surface area contributed by atoms with Gasteiger partial charge in [-0.05, 0) is 24.7 Å². The quantitative estimate of drug-likeness (QED) is 0.731. The molecule has 0 amide bonds. The van der Waals surface area contributed by atoms with Crippen LogP contribution in [0.4, 0.5) is 0 Å². The Kier molecular flexibility index (Phi) is 9.69. The molecule has 4 nitrogen and oxygen atoms in total. The number of hydrogen-bond donors (Lipinski definition) is 1. The van der Waals surface area contributed by atoms with Crippen molar-refractivity contribution < 1.29 is 9.47 Å². The maximum Gasteiger partial charge on any atom is 0.119 e. The molecular formula is C13H23ClN2O2. The van der Waals surface area contributed by atoms with Crippen molar-refractivity contribution in [2.24, 2.45) is 5.73 Å². The minimum absolute atomic E-state index is 0. The molecule has 0 atom stereocenters. The van der Waals surface area contributed by atoms with Crippen LogP contribution in [0.25, 0.3) is 0 Å². The lowest BCUT2D eigenvalue weighted by Crippen LogP contribution is -2.23. The summed E-state index contributed by atoms with van der Waals surface area (Å²) in [4.78, 5) is 2.21. The van der Waals surface area contributed by atoms with Gasteiger partial charge in [0.25, 0.3) is 0 Å². The number of likely N-dealkylation sites (N-methyl/N-ethyl adjacent to an activating group) is 1. The number of halogens is 1. The first-order valence-electron chi connectivity index (χ1n) is 5.85. The molecule has 0 saturated carbocycles. The number of methoxy groups -OCH3 is 1. The predicted octanol–water partition coefficient (Wildman–Crippen LogP) is 1.52. The molecule has 1 aromatic rings. The van der Waals surface area contributed by atoms with E-state index in [9.17, 15) is 0 Å². The zero-order valence-corrected chi connectivity index (χ0v) is 11.9. The minimum atomic E-state index is 0. The molecule has 0 aliphatic carbocycles. The molecule has 0 fully saturated rings.